The first-order valence-electron chi connectivity index (χ1n) is 15.6. The molecule has 11 heteroatoms. The lowest BCUT2D eigenvalue weighted by Crippen LogP contribution is -2.50. The van der Waals surface area contributed by atoms with Crippen molar-refractivity contribution in [2.24, 2.45) is 0 Å². The third-order valence-corrected chi connectivity index (χ3v) is 13.8. The zero-order valence-corrected chi connectivity index (χ0v) is 28.9. The van der Waals surface area contributed by atoms with Gasteiger partial charge in [-0.3, -0.25) is 14.3 Å². The maximum Gasteiger partial charge on any atom is 0.330 e. The summed E-state index contributed by atoms with van der Waals surface area (Å²) in [7, 11) is 0.777. The van der Waals surface area contributed by atoms with Gasteiger partial charge in [0, 0.05) is 12.3 Å². The standard InChI is InChI=1S/C36H44N2O8Si/c1-35(2,3)47(6,7)46-32-29(45-33(31(32)40)38-22-21-30(39)37-34(38)41)23-44-36(24-11-9-8-10-12-24,25-13-17-27(42-4)18-14-25)26-15-19-28(43-5)20-16-26/h8-22,29,31-33,40H,23H2,1-7H3,(H,37,39,41)/t29-,31-,32-,33-/m1/s1. The van der Waals surface area contributed by atoms with Gasteiger partial charge in [-0.15, -0.1) is 0 Å². The van der Waals surface area contributed by atoms with Crippen molar-refractivity contribution in [2.75, 3.05) is 20.8 Å². The molecule has 1 aliphatic heterocycles. The van der Waals surface area contributed by atoms with Crippen LogP contribution in [0.4, 0.5) is 0 Å². The summed E-state index contributed by atoms with van der Waals surface area (Å²) in [5.74, 6) is 1.40. The largest absolute Gasteiger partial charge is 0.497 e. The first kappa shape index (κ1) is 34.3. The highest BCUT2D eigenvalue weighted by molar-refractivity contribution is 6.74. The zero-order valence-electron chi connectivity index (χ0n) is 27.9. The molecule has 0 bridgehead atoms. The Labute approximate surface area is 276 Å². The topological polar surface area (TPSA) is 121 Å². The number of aromatic amines is 1. The van der Waals surface area contributed by atoms with Crippen LogP contribution in [-0.4, -0.2) is 62.1 Å². The summed E-state index contributed by atoms with van der Waals surface area (Å²) in [4.78, 5) is 26.9. The van der Waals surface area contributed by atoms with E-state index in [1.54, 1.807) is 14.2 Å². The number of nitrogens with one attached hydrogen (secondary N) is 1. The molecule has 5 rings (SSSR count). The minimum Gasteiger partial charge on any atom is -0.497 e. The van der Waals surface area contributed by atoms with E-state index in [0.717, 1.165) is 16.7 Å². The van der Waals surface area contributed by atoms with Crippen molar-refractivity contribution in [2.45, 2.75) is 69.0 Å². The molecule has 0 radical (unpaired) electrons. The van der Waals surface area contributed by atoms with Crippen LogP contribution in [0.25, 0.3) is 0 Å². The molecule has 250 valence electrons. The van der Waals surface area contributed by atoms with Crippen LogP contribution in [0.1, 0.15) is 43.7 Å². The maximum absolute atomic E-state index is 12.8. The second-order valence-electron chi connectivity index (χ2n) is 13.2. The van der Waals surface area contributed by atoms with E-state index in [0.29, 0.717) is 11.5 Å². The number of aliphatic hydroxyl groups is 1. The van der Waals surface area contributed by atoms with Crippen molar-refractivity contribution in [1.82, 2.24) is 9.55 Å². The smallest absolute Gasteiger partial charge is 0.330 e. The van der Waals surface area contributed by atoms with Crippen LogP contribution in [-0.2, 0) is 19.5 Å². The van der Waals surface area contributed by atoms with E-state index in [4.69, 9.17) is 23.4 Å². The second-order valence-corrected chi connectivity index (χ2v) is 18.0. The Hall–Kier alpha value is -4.00. The van der Waals surface area contributed by atoms with Gasteiger partial charge in [-0.25, -0.2) is 4.79 Å². The van der Waals surface area contributed by atoms with Crippen LogP contribution in [0.2, 0.25) is 18.1 Å². The lowest BCUT2D eigenvalue weighted by atomic mass is 9.80. The molecular weight excluding hydrogens is 616 g/mol. The van der Waals surface area contributed by atoms with Crippen molar-refractivity contribution < 1.29 is 28.5 Å². The molecule has 0 amide bonds. The Bertz CT molecular complexity index is 1700. The predicted octanol–water partition coefficient (Wildman–Crippen LogP) is 5.21. The van der Waals surface area contributed by atoms with Gasteiger partial charge in [0.15, 0.2) is 14.5 Å². The van der Waals surface area contributed by atoms with E-state index in [1.165, 1.54) is 16.8 Å². The van der Waals surface area contributed by atoms with Crippen molar-refractivity contribution in [3.63, 3.8) is 0 Å². The van der Waals surface area contributed by atoms with Crippen molar-refractivity contribution in [3.05, 3.63) is 129 Å². The SMILES string of the molecule is COc1ccc(C(OC[C@H]2O[C@@H](n3ccc(=O)[nH]c3=O)[C@H](O)[C@@H]2O[Si](C)(C)C(C)(C)C)(c2ccccc2)c2ccc(OC)cc2)cc1. The fourth-order valence-corrected chi connectivity index (χ4v) is 6.98. The monoisotopic (exact) mass is 660 g/mol. The second kappa shape index (κ2) is 13.6. The van der Waals surface area contributed by atoms with E-state index in [2.05, 4.69) is 38.8 Å². The molecule has 2 N–H and O–H groups in total. The summed E-state index contributed by atoms with van der Waals surface area (Å²) in [6, 6.07) is 26.5. The highest BCUT2D eigenvalue weighted by Gasteiger charge is 2.51. The number of ether oxygens (including phenoxy) is 4. The average Bonchev–Trinajstić information content (AvgIpc) is 3.35. The molecule has 0 unspecified atom stereocenters. The summed E-state index contributed by atoms with van der Waals surface area (Å²) in [6.07, 6.45) is -2.64. The van der Waals surface area contributed by atoms with Crippen LogP contribution < -0.4 is 20.7 Å². The lowest BCUT2D eigenvalue weighted by Gasteiger charge is -2.41. The number of aromatic nitrogens is 2. The van der Waals surface area contributed by atoms with Gasteiger partial charge in [0.1, 0.15) is 35.4 Å². The fourth-order valence-electron chi connectivity index (χ4n) is 5.66. The number of methoxy groups -OCH3 is 2. The number of hydrogen-bond acceptors (Lipinski definition) is 8. The average molecular weight is 661 g/mol. The van der Waals surface area contributed by atoms with Gasteiger partial charge >= 0.3 is 5.69 Å². The molecule has 0 spiro atoms. The third kappa shape index (κ3) is 6.86. The number of rotatable bonds is 11. The maximum atomic E-state index is 12.8. The molecule has 1 aliphatic rings. The number of benzene rings is 3. The zero-order chi connectivity index (χ0) is 34.0. The quantitative estimate of drug-likeness (QED) is 0.166. The molecule has 0 saturated carbocycles. The molecule has 47 heavy (non-hydrogen) atoms. The van der Waals surface area contributed by atoms with Gasteiger partial charge in [-0.2, -0.15) is 0 Å². The highest BCUT2D eigenvalue weighted by atomic mass is 28.4. The Balaban J connectivity index is 1.62. The Morgan fingerprint density at radius 3 is 1.85 bits per heavy atom. The first-order chi connectivity index (χ1) is 22.3. The van der Waals surface area contributed by atoms with Crippen molar-refractivity contribution in [1.29, 1.82) is 0 Å². The van der Waals surface area contributed by atoms with Gasteiger partial charge < -0.3 is 28.5 Å². The Morgan fingerprint density at radius 2 is 1.36 bits per heavy atom. The van der Waals surface area contributed by atoms with Gasteiger partial charge in [0.2, 0.25) is 0 Å². The first-order valence-corrected chi connectivity index (χ1v) is 18.5. The van der Waals surface area contributed by atoms with Crippen LogP contribution in [0.3, 0.4) is 0 Å². The van der Waals surface area contributed by atoms with Gasteiger partial charge in [-0.05, 0) is 59.1 Å². The minimum absolute atomic E-state index is 0.0160. The fraction of sp³-hybridized carbons (Fsp3) is 0.389. The van der Waals surface area contributed by atoms with Gasteiger partial charge in [-0.1, -0.05) is 75.4 Å². The van der Waals surface area contributed by atoms with Crippen molar-refractivity contribution in [3.8, 4) is 11.5 Å². The summed E-state index contributed by atoms with van der Waals surface area (Å²) < 4.78 is 32.5. The minimum atomic E-state index is -2.46. The van der Waals surface area contributed by atoms with E-state index in [1.807, 2.05) is 78.9 Å². The van der Waals surface area contributed by atoms with Crippen LogP contribution in [0, 0.1) is 0 Å². The molecule has 3 aromatic carbocycles. The molecule has 10 nitrogen and oxygen atoms in total. The highest BCUT2D eigenvalue weighted by Crippen LogP contribution is 2.44. The lowest BCUT2D eigenvalue weighted by molar-refractivity contribution is -0.0948. The summed E-state index contributed by atoms with van der Waals surface area (Å²) in [6.45, 7) is 10.5. The molecule has 4 aromatic rings. The number of nitrogens with zero attached hydrogens (tertiary/aromatic N) is 1. The summed E-state index contributed by atoms with van der Waals surface area (Å²) >= 11 is 0. The van der Waals surface area contributed by atoms with Crippen LogP contribution in [0.15, 0.2) is 101 Å². The van der Waals surface area contributed by atoms with Gasteiger partial charge in [0.25, 0.3) is 5.56 Å². The predicted molar refractivity (Wildman–Crippen MR) is 182 cm³/mol. The molecule has 1 fully saturated rings. The van der Waals surface area contributed by atoms with E-state index in [9.17, 15) is 14.7 Å². The van der Waals surface area contributed by atoms with Crippen molar-refractivity contribution >= 4 is 8.32 Å². The molecule has 4 atom stereocenters. The number of aliphatic hydroxyl groups excluding tert-OH is 1. The van der Waals surface area contributed by atoms with Crippen LogP contribution >= 0.6 is 0 Å². The third-order valence-electron chi connectivity index (χ3n) is 9.31. The summed E-state index contributed by atoms with van der Waals surface area (Å²) in [5.41, 5.74) is 0.169. The molecule has 0 aliphatic carbocycles. The number of H-pyrrole nitrogens is 1. The Morgan fingerprint density at radius 1 is 0.830 bits per heavy atom. The summed E-state index contributed by atoms with van der Waals surface area (Å²) in [5, 5.41) is 11.6. The number of hydrogen-bond donors (Lipinski definition) is 2. The van der Waals surface area contributed by atoms with E-state index >= 15 is 0 Å². The van der Waals surface area contributed by atoms with E-state index in [-0.39, 0.29) is 11.6 Å². The van der Waals surface area contributed by atoms with Gasteiger partial charge in [0.05, 0.1) is 20.8 Å². The normalized spacial score (nSPS) is 20.3. The van der Waals surface area contributed by atoms with E-state index < -0.39 is 49.7 Å². The Kier molecular flexibility index (Phi) is 9.95. The molecule has 2 heterocycles. The molecular formula is C36H44N2O8Si. The molecule has 1 saturated heterocycles. The molecule has 1 aromatic heterocycles. The van der Waals surface area contributed by atoms with Crippen LogP contribution in [0.5, 0.6) is 11.5 Å².